The van der Waals surface area contributed by atoms with Gasteiger partial charge >= 0.3 is 0 Å². The van der Waals surface area contributed by atoms with Crippen LogP contribution in [-0.2, 0) is 13.2 Å². The van der Waals surface area contributed by atoms with Gasteiger partial charge in [-0.2, -0.15) is 0 Å². The molecule has 2 aromatic carbocycles. The van der Waals surface area contributed by atoms with Gasteiger partial charge in [-0.1, -0.05) is 28.9 Å². The van der Waals surface area contributed by atoms with Gasteiger partial charge < -0.3 is 19.3 Å². The molecular weight excluding hydrogens is 332 g/mol. The van der Waals surface area contributed by atoms with Crippen molar-refractivity contribution in [3.05, 3.63) is 64.8 Å². The second-order valence-corrected chi connectivity index (χ2v) is 6.16. The first-order valence-electron chi connectivity index (χ1n) is 8.29. The van der Waals surface area contributed by atoms with Crippen LogP contribution in [0, 0.1) is 6.92 Å². The van der Waals surface area contributed by atoms with E-state index in [-0.39, 0.29) is 18.2 Å². The molecule has 0 bridgehead atoms. The molecule has 3 aromatic rings. The van der Waals surface area contributed by atoms with Gasteiger partial charge in [-0.3, -0.25) is 4.79 Å². The topological polar surface area (TPSA) is 73.6 Å². The first-order valence-corrected chi connectivity index (χ1v) is 8.29. The van der Waals surface area contributed by atoms with E-state index in [9.17, 15) is 4.79 Å². The van der Waals surface area contributed by atoms with E-state index in [1.165, 1.54) is 0 Å². The van der Waals surface area contributed by atoms with E-state index < -0.39 is 0 Å². The molecule has 0 saturated carbocycles. The number of nitrogens with zero attached hydrogens (tertiary/aromatic N) is 1. The van der Waals surface area contributed by atoms with Crippen LogP contribution >= 0.6 is 0 Å². The summed E-state index contributed by atoms with van der Waals surface area (Å²) in [5, 5.41) is 6.85. The Morgan fingerprint density at radius 2 is 2.15 bits per heavy atom. The SMILES string of the molecule is COc1cccc(CNC(=O)c2noc3c2COc2ccc(C)cc2-3)c1. The van der Waals surface area contributed by atoms with Gasteiger partial charge in [-0.05, 0) is 36.8 Å². The molecule has 1 amide bonds. The Hall–Kier alpha value is -3.28. The van der Waals surface area contributed by atoms with Crippen molar-refractivity contribution in [2.45, 2.75) is 20.1 Å². The minimum absolute atomic E-state index is 0.259. The smallest absolute Gasteiger partial charge is 0.274 e. The quantitative estimate of drug-likeness (QED) is 0.780. The van der Waals surface area contributed by atoms with Crippen molar-refractivity contribution >= 4 is 5.91 Å². The summed E-state index contributed by atoms with van der Waals surface area (Å²) < 4.78 is 16.4. The summed E-state index contributed by atoms with van der Waals surface area (Å²) in [5.41, 5.74) is 3.78. The summed E-state index contributed by atoms with van der Waals surface area (Å²) in [5.74, 6) is 1.79. The molecule has 0 saturated heterocycles. The van der Waals surface area contributed by atoms with Gasteiger partial charge in [0.2, 0.25) is 0 Å². The van der Waals surface area contributed by atoms with E-state index in [0.29, 0.717) is 17.9 Å². The molecule has 0 fully saturated rings. The number of aromatic nitrogens is 1. The number of fused-ring (bicyclic) bond motifs is 3. The Balaban J connectivity index is 1.55. The van der Waals surface area contributed by atoms with E-state index in [4.69, 9.17) is 14.0 Å². The van der Waals surface area contributed by atoms with Crippen LogP contribution in [0.15, 0.2) is 47.0 Å². The zero-order valence-electron chi connectivity index (χ0n) is 14.5. The zero-order chi connectivity index (χ0) is 18.1. The summed E-state index contributed by atoms with van der Waals surface area (Å²) >= 11 is 0. The highest BCUT2D eigenvalue weighted by Crippen LogP contribution is 2.39. The highest BCUT2D eigenvalue weighted by Gasteiger charge is 2.28. The van der Waals surface area contributed by atoms with Crippen molar-refractivity contribution in [2.24, 2.45) is 0 Å². The molecule has 0 atom stereocenters. The fraction of sp³-hybridized carbons (Fsp3) is 0.200. The third kappa shape index (κ3) is 2.90. The third-order valence-electron chi connectivity index (χ3n) is 4.34. The highest BCUT2D eigenvalue weighted by atomic mass is 16.5. The Bertz CT molecular complexity index is 978. The van der Waals surface area contributed by atoms with Crippen LogP contribution < -0.4 is 14.8 Å². The first kappa shape index (κ1) is 16.2. The summed E-state index contributed by atoms with van der Waals surface area (Å²) in [7, 11) is 1.61. The maximum absolute atomic E-state index is 12.6. The predicted octanol–water partition coefficient (Wildman–Crippen LogP) is 3.48. The van der Waals surface area contributed by atoms with Crippen LogP contribution in [0.3, 0.4) is 0 Å². The maximum Gasteiger partial charge on any atom is 0.274 e. The Labute approximate surface area is 150 Å². The van der Waals surface area contributed by atoms with Crippen molar-refractivity contribution in [2.75, 3.05) is 7.11 Å². The van der Waals surface area contributed by atoms with E-state index in [1.54, 1.807) is 7.11 Å². The second-order valence-electron chi connectivity index (χ2n) is 6.16. The highest BCUT2D eigenvalue weighted by molar-refractivity contribution is 5.95. The number of benzene rings is 2. The lowest BCUT2D eigenvalue weighted by Crippen LogP contribution is -2.24. The lowest BCUT2D eigenvalue weighted by Gasteiger charge is -2.16. The summed E-state index contributed by atoms with van der Waals surface area (Å²) in [4.78, 5) is 12.6. The van der Waals surface area contributed by atoms with Crippen molar-refractivity contribution in [1.82, 2.24) is 10.5 Å². The molecule has 1 aromatic heterocycles. The molecule has 0 spiro atoms. The summed E-state index contributed by atoms with van der Waals surface area (Å²) in [6.07, 6.45) is 0. The molecule has 6 nitrogen and oxygen atoms in total. The average Bonchev–Trinajstić information content (AvgIpc) is 3.11. The van der Waals surface area contributed by atoms with Gasteiger partial charge in [0.25, 0.3) is 5.91 Å². The Morgan fingerprint density at radius 3 is 3.00 bits per heavy atom. The molecule has 0 unspecified atom stereocenters. The molecular formula is C20H18N2O4. The number of carbonyl (C=O) groups excluding carboxylic acids is 1. The fourth-order valence-electron chi connectivity index (χ4n) is 2.98. The maximum atomic E-state index is 12.6. The average molecular weight is 350 g/mol. The first-order chi connectivity index (χ1) is 12.7. The van der Waals surface area contributed by atoms with Crippen LogP contribution in [0.25, 0.3) is 11.3 Å². The lowest BCUT2D eigenvalue weighted by molar-refractivity contribution is 0.0939. The van der Waals surface area contributed by atoms with Crippen molar-refractivity contribution in [3.8, 4) is 22.8 Å². The van der Waals surface area contributed by atoms with E-state index in [1.807, 2.05) is 49.4 Å². The Morgan fingerprint density at radius 1 is 1.27 bits per heavy atom. The van der Waals surface area contributed by atoms with E-state index >= 15 is 0 Å². The minimum atomic E-state index is -0.294. The predicted molar refractivity (Wildman–Crippen MR) is 95.2 cm³/mol. The number of rotatable bonds is 4. The number of amides is 1. The summed E-state index contributed by atoms with van der Waals surface area (Å²) in [6, 6.07) is 13.4. The van der Waals surface area contributed by atoms with E-state index in [2.05, 4.69) is 10.5 Å². The molecule has 0 aliphatic carbocycles. The number of hydrogen-bond donors (Lipinski definition) is 1. The van der Waals surface area contributed by atoms with Gasteiger partial charge in [0.1, 0.15) is 18.1 Å². The van der Waals surface area contributed by atoms with Crippen LogP contribution in [0.4, 0.5) is 0 Å². The monoisotopic (exact) mass is 350 g/mol. The molecule has 1 aliphatic rings. The minimum Gasteiger partial charge on any atom is -0.497 e. The second kappa shape index (κ2) is 6.55. The van der Waals surface area contributed by atoms with Crippen LogP contribution in [0.5, 0.6) is 11.5 Å². The molecule has 26 heavy (non-hydrogen) atoms. The number of methoxy groups -OCH3 is 1. The van der Waals surface area contributed by atoms with Gasteiger partial charge in [0, 0.05) is 6.54 Å². The number of carbonyl (C=O) groups is 1. The number of aryl methyl sites for hydroxylation is 1. The number of ether oxygens (including phenoxy) is 2. The van der Waals surface area contributed by atoms with Crippen LogP contribution in [0.1, 0.15) is 27.2 Å². The summed E-state index contributed by atoms with van der Waals surface area (Å²) in [6.45, 7) is 2.62. The van der Waals surface area contributed by atoms with Crippen molar-refractivity contribution < 1.29 is 18.8 Å². The van der Waals surface area contributed by atoms with Gasteiger partial charge in [0.05, 0.1) is 18.2 Å². The van der Waals surface area contributed by atoms with Crippen LogP contribution in [0.2, 0.25) is 0 Å². The molecule has 0 radical (unpaired) electrons. The molecule has 6 heteroatoms. The molecule has 2 heterocycles. The van der Waals surface area contributed by atoms with Crippen molar-refractivity contribution in [1.29, 1.82) is 0 Å². The Kier molecular flexibility index (Phi) is 4.08. The standard InChI is InChI=1S/C20H18N2O4/c1-12-6-7-17-15(8-12)19-16(11-25-17)18(22-26-19)20(23)21-10-13-4-3-5-14(9-13)24-2/h3-9H,10-11H2,1-2H3,(H,21,23). The van der Waals surface area contributed by atoms with Gasteiger partial charge in [0.15, 0.2) is 11.5 Å². The lowest BCUT2D eigenvalue weighted by atomic mass is 10.0. The normalized spacial score (nSPS) is 11.9. The fourth-order valence-corrected chi connectivity index (χ4v) is 2.98. The van der Waals surface area contributed by atoms with Gasteiger partial charge in [-0.15, -0.1) is 0 Å². The third-order valence-corrected chi connectivity index (χ3v) is 4.34. The molecule has 1 N–H and O–H groups in total. The van der Waals surface area contributed by atoms with Crippen molar-refractivity contribution in [3.63, 3.8) is 0 Å². The number of hydrogen-bond acceptors (Lipinski definition) is 5. The molecule has 1 aliphatic heterocycles. The zero-order valence-corrected chi connectivity index (χ0v) is 14.5. The van der Waals surface area contributed by atoms with E-state index in [0.717, 1.165) is 28.2 Å². The molecule has 4 rings (SSSR count). The van der Waals surface area contributed by atoms with Gasteiger partial charge in [-0.25, -0.2) is 0 Å². The molecule has 132 valence electrons. The largest absolute Gasteiger partial charge is 0.497 e. The number of nitrogens with one attached hydrogen (secondary N) is 1. The van der Waals surface area contributed by atoms with Crippen LogP contribution in [-0.4, -0.2) is 18.2 Å².